The zero-order valence-electron chi connectivity index (χ0n) is 25.4. The second-order valence-electron chi connectivity index (χ2n) is 12.4. The molecule has 1 fully saturated rings. The average Bonchev–Trinajstić information content (AvgIpc) is 3.73. The van der Waals surface area contributed by atoms with E-state index < -0.39 is 12.3 Å². The first-order valence-corrected chi connectivity index (χ1v) is 15.9. The molecule has 0 spiro atoms. The maximum absolute atomic E-state index is 12.4. The second kappa shape index (κ2) is 14.0. The Kier molecular flexibility index (Phi) is 10.1. The molecule has 8 heteroatoms. The minimum absolute atomic E-state index is 0.0569. The number of aromatic hydroxyl groups is 1. The molecule has 5 rings (SSSR count). The number of hydrogen-bond donors (Lipinski definition) is 5. The number of nitrogens with two attached hydrogens (primary N) is 2. The number of quaternary nitrogens is 1. The number of ether oxygens (including phenoxy) is 1. The molecule has 3 aliphatic rings. The van der Waals surface area contributed by atoms with Crippen molar-refractivity contribution in [3.63, 3.8) is 0 Å². The van der Waals surface area contributed by atoms with Gasteiger partial charge in [0.1, 0.15) is 24.2 Å². The SMILES string of the molecule is CCCCC[C@@H](O)CC(=O)CCc1ccc(O)c(OC[NH+]2C=C3C(C4(c5cccc(C(N)N)c5)CCCC4)=CN=C3C2)c1. The van der Waals surface area contributed by atoms with Crippen molar-refractivity contribution in [1.29, 1.82) is 0 Å². The summed E-state index contributed by atoms with van der Waals surface area (Å²) >= 11 is 0. The zero-order chi connectivity index (χ0) is 30.4. The van der Waals surface area contributed by atoms with E-state index in [1.165, 1.54) is 29.6 Å². The Bertz CT molecular complexity index is 1390. The van der Waals surface area contributed by atoms with E-state index in [-0.39, 0.29) is 23.4 Å². The van der Waals surface area contributed by atoms with Crippen LogP contribution in [0.15, 0.2) is 71.0 Å². The number of rotatable bonds is 15. The van der Waals surface area contributed by atoms with Crippen LogP contribution in [-0.2, 0) is 16.6 Å². The van der Waals surface area contributed by atoms with Crippen LogP contribution in [0.5, 0.6) is 11.5 Å². The van der Waals surface area contributed by atoms with E-state index in [0.717, 1.165) is 53.8 Å². The van der Waals surface area contributed by atoms with Crippen LogP contribution >= 0.6 is 0 Å². The van der Waals surface area contributed by atoms with Crippen molar-refractivity contribution in [2.75, 3.05) is 13.3 Å². The molecule has 0 saturated heterocycles. The fraction of sp³-hybridized carbons (Fsp3) is 0.486. The molecule has 2 aromatic rings. The van der Waals surface area contributed by atoms with Crippen molar-refractivity contribution in [3.8, 4) is 11.5 Å². The number of phenols is 1. The van der Waals surface area contributed by atoms with Gasteiger partial charge in [-0.15, -0.1) is 0 Å². The molecule has 0 bridgehead atoms. The number of nitrogens with zero attached hydrogens (tertiary/aromatic N) is 1. The lowest BCUT2D eigenvalue weighted by Crippen LogP contribution is -3.07. The maximum Gasteiger partial charge on any atom is 0.227 e. The predicted molar refractivity (Wildman–Crippen MR) is 169 cm³/mol. The molecule has 230 valence electrons. The number of carbonyl (C=O) groups excluding carboxylic acids is 1. The summed E-state index contributed by atoms with van der Waals surface area (Å²) in [5.74, 6) is 0.544. The normalized spacial score (nSPS) is 19.7. The van der Waals surface area contributed by atoms with Crippen LogP contribution in [0.3, 0.4) is 0 Å². The minimum Gasteiger partial charge on any atom is -0.504 e. The molecule has 0 amide bonds. The number of unbranched alkanes of at least 4 members (excludes halogenated alkanes) is 2. The van der Waals surface area contributed by atoms with Gasteiger partial charge in [0.25, 0.3) is 0 Å². The molecule has 1 unspecified atom stereocenters. The van der Waals surface area contributed by atoms with Gasteiger partial charge in [-0.05, 0) is 60.1 Å². The van der Waals surface area contributed by atoms with Crippen LogP contribution in [0.1, 0.15) is 94.0 Å². The molecule has 43 heavy (non-hydrogen) atoms. The number of nitrogens with one attached hydrogen (secondary N) is 1. The lowest BCUT2D eigenvalue weighted by molar-refractivity contribution is -0.851. The largest absolute Gasteiger partial charge is 0.504 e. The summed E-state index contributed by atoms with van der Waals surface area (Å²) in [4.78, 5) is 18.4. The standard InChI is InChI=1S/C35H46N4O4/c1-2-3-4-10-27(40)19-28(41)13-11-24-12-14-32(42)33(17-24)43-23-39-21-29-30(20-38-31(29)22-39)35(15-5-6-16-35)26-9-7-8-25(18-26)34(36)37/h7-9,12,14,17-18,20-21,27,34,40,42H,2-6,10-11,13,15-16,19,22-23,36-37H2,1H3/p+1/t27-/m1/s1. The van der Waals surface area contributed by atoms with Crippen molar-refractivity contribution in [2.24, 2.45) is 16.5 Å². The van der Waals surface area contributed by atoms with Gasteiger partial charge in [0.15, 0.2) is 11.5 Å². The summed E-state index contributed by atoms with van der Waals surface area (Å²) in [5, 5.41) is 20.6. The summed E-state index contributed by atoms with van der Waals surface area (Å²) in [6, 6.07) is 13.7. The third kappa shape index (κ3) is 7.27. The number of phenolic OH excluding ortho intramolecular Hbond substituents is 1. The molecule has 2 heterocycles. The third-order valence-electron chi connectivity index (χ3n) is 9.22. The van der Waals surface area contributed by atoms with Crippen LogP contribution in [0.25, 0.3) is 0 Å². The maximum atomic E-state index is 12.4. The van der Waals surface area contributed by atoms with Gasteiger partial charge in [-0.25, -0.2) is 0 Å². The third-order valence-corrected chi connectivity index (χ3v) is 9.22. The first-order valence-electron chi connectivity index (χ1n) is 15.9. The van der Waals surface area contributed by atoms with Crippen molar-refractivity contribution in [2.45, 2.75) is 95.2 Å². The number of aliphatic hydroxyl groups is 1. The predicted octanol–water partition coefficient (Wildman–Crippen LogP) is 4.11. The Morgan fingerprint density at radius 1 is 1.14 bits per heavy atom. The molecule has 2 atom stereocenters. The lowest BCUT2D eigenvalue weighted by atomic mass is 9.70. The number of Topliss-reactive ketones (excluding diaryl/α,β-unsaturated/α-hetero) is 1. The molecule has 1 aliphatic carbocycles. The van der Waals surface area contributed by atoms with Crippen LogP contribution in [-0.4, -0.2) is 41.1 Å². The summed E-state index contributed by atoms with van der Waals surface area (Å²) < 4.78 is 6.11. The van der Waals surface area contributed by atoms with E-state index in [4.69, 9.17) is 21.2 Å². The van der Waals surface area contributed by atoms with E-state index >= 15 is 0 Å². The number of ketones is 1. The number of aryl methyl sites for hydroxylation is 1. The number of hydrogen-bond acceptors (Lipinski definition) is 7. The first kappa shape index (κ1) is 31.1. The molecule has 8 nitrogen and oxygen atoms in total. The van der Waals surface area contributed by atoms with Crippen LogP contribution in [0.2, 0.25) is 0 Å². The average molecular weight is 588 g/mol. The number of aliphatic imine (C=N–C) groups is 1. The van der Waals surface area contributed by atoms with Gasteiger partial charge in [-0.2, -0.15) is 0 Å². The van der Waals surface area contributed by atoms with Crippen LogP contribution < -0.4 is 21.1 Å². The van der Waals surface area contributed by atoms with E-state index in [1.807, 2.05) is 18.2 Å². The highest BCUT2D eigenvalue weighted by Crippen LogP contribution is 2.50. The van der Waals surface area contributed by atoms with Gasteiger partial charge in [0, 0.05) is 24.5 Å². The zero-order valence-corrected chi connectivity index (χ0v) is 25.4. The highest BCUT2D eigenvalue weighted by Gasteiger charge is 2.45. The number of carbonyl (C=O) groups is 1. The number of benzene rings is 2. The van der Waals surface area contributed by atoms with Gasteiger partial charge < -0.3 is 26.4 Å². The molecule has 7 N–H and O–H groups in total. The molecule has 0 radical (unpaired) electrons. The number of fused-ring (bicyclic) bond motifs is 1. The van der Waals surface area contributed by atoms with Gasteiger partial charge in [0.05, 0.1) is 17.8 Å². The number of aliphatic hydroxyl groups excluding tert-OH is 1. The first-order chi connectivity index (χ1) is 20.8. The molecular weight excluding hydrogens is 540 g/mol. The summed E-state index contributed by atoms with van der Waals surface area (Å²) in [5.41, 5.74) is 18.6. The van der Waals surface area contributed by atoms with E-state index in [2.05, 4.69) is 37.5 Å². The fourth-order valence-electron chi connectivity index (χ4n) is 6.80. The smallest absolute Gasteiger partial charge is 0.227 e. The van der Waals surface area contributed by atoms with Gasteiger partial charge in [-0.3, -0.25) is 14.7 Å². The Labute approximate surface area is 255 Å². The van der Waals surface area contributed by atoms with Crippen molar-refractivity contribution in [1.82, 2.24) is 0 Å². The van der Waals surface area contributed by atoms with Crippen LogP contribution in [0, 0.1) is 0 Å². The van der Waals surface area contributed by atoms with Gasteiger partial charge >= 0.3 is 0 Å². The minimum atomic E-state index is -0.562. The topological polar surface area (TPSA) is 136 Å². The Morgan fingerprint density at radius 3 is 2.72 bits per heavy atom. The Hall–Kier alpha value is -3.30. The number of allylic oxidation sites excluding steroid dienone is 1. The molecular formula is C35H47N4O4+. The molecule has 0 aromatic heterocycles. The van der Waals surface area contributed by atoms with E-state index in [0.29, 0.717) is 38.3 Å². The molecule has 1 saturated carbocycles. The van der Waals surface area contributed by atoms with Gasteiger partial charge in [0.2, 0.25) is 6.73 Å². The highest BCUT2D eigenvalue weighted by molar-refractivity contribution is 6.08. The van der Waals surface area contributed by atoms with Crippen molar-refractivity contribution < 1.29 is 24.6 Å². The van der Waals surface area contributed by atoms with Crippen molar-refractivity contribution >= 4 is 11.5 Å². The summed E-state index contributed by atoms with van der Waals surface area (Å²) in [7, 11) is 0. The van der Waals surface area contributed by atoms with Gasteiger partial charge in [-0.1, -0.05) is 69.4 Å². The van der Waals surface area contributed by atoms with Crippen molar-refractivity contribution in [3.05, 3.63) is 82.7 Å². The molecule has 2 aromatic carbocycles. The second-order valence-corrected chi connectivity index (χ2v) is 12.4. The monoisotopic (exact) mass is 587 g/mol. The Morgan fingerprint density at radius 2 is 1.95 bits per heavy atom. The van der Waals surface area contributed by atoms with E-state index in [9.17, 15) is 15.0 Å². The van der Waals surface area contributed by atoms with E-state index in [1.54, 1.807) is 6.07 Å². The fourth-order valence-corrected chi connectivity index (χ4v) is 6.80. The highest BCUT2D eigenvalue weighted by atomic mass is 16.5. The Balaban J connectivity index is 1.21. The quantitative estimate of drug-likeness (QED) is 0.157. The lowest BCUT2D eigenvalue weighted by Gasteiger charge is -2.32. The molecule has 2 aliphatic heterocycles. The summed E-state index contributed by atoms with van der Waals surface area (Å²) in [6.07, 6.45) is 12.5. The van der Waals surface area contributed by atoms with Crippen LogP contribution in [0.4, 0.5) is 0 Å². The summed E-state index contributed by atoms with van der Waals surface area (Å²) in [6.45, 7) is 3.19.